The van der Waals surface area contributed by atoms with Crippen molar-refractivity contribution in [2.45, 2.75) is 31.2 Å². The minimum Gasteiger partial charge on any atom is -0.497 e. The number of carbonyl (C=O) groups is 1. The quantitative estimate of drug-likeness (QED) is 0.537. The van der Waals surface area contributed by atoms with E-state index in [-0.39, 0.29) is 17.2 Å². The zero-order valence-electron chi connectivity index (χ0n) is 18.7. The molecule has 0 unspecified atom stereocenters. The Kier molecular flexibility index (Phi) is 7.33. The van der Waals surface area contributed by atoms with Crippen LogP contribution in [0.15, 0.2) is 77.7 Å². The molecular weight excluding hydrogens is 424 g/mol. The summed E-state index contributed by atoms with van der Waals surface area (Å²) in [7, 11) is -0.745. The molecule has 0 aliphatic carbocycles. The molecule has 3 aromatic carbocycles. The molecule has 0 radical (unpaired) electrons. The van der Waals surface area contributed by atoms with Crippen molar-refractivity contribution >= 4 is 21.6 Å². The van der Waals surface area contributed by atoms with Crippen molar-refractivity contribution in [3.8, 4) is 5.75 Å². The number of carbonyl (C=O) groups excluding carboxylic acids is 1. The second kappa shape index (κ2) is 9.97. The lowest BCUT2D eigenvalue weighted by Crippen LogP contribution is -2.33. The van der Waals surface area contributed by atoms with Crippen molar-refractivity contribution in [3.05, 3.63) is 89.5 Å². The van der Waals surface area contributed by atoms with Crippen LogP contribution in [0.1, 0.15) is 29.2 Å². The molecule has 0 aliphatic heterocycles. The lowest BCUT2D eigenvalue weighted by Gasteiger charge is -2.28. The van der Waals surface area contributed by atoms with Crippen LogP contribution in [-0.2, 0) is 14.8 Å². The van der Waals surface area contributed by atoms with E-state index in [2.05, 4.69) is 5.32 Å². The van der Waals surface area contributed by atoms with Gasteiger partial charge in [0.2, 0.25) is 15.9 Å². The van der Waals surface area contributed by atoms with Gasteiger partial charge in [0.05, 0.1) is 18.0 Å². The Labute approximate surface area is 189 Å². The molecule has 0 bridgehead atoms. The van der Waals surface area contributed by atoms with E-state index in [0.717, 1.165) is 11.1 Å². The molecule has 168 valence electrons. The van der Waals surface area contributed by atoms with Gasteiger partial charge >= 0.3 is 0 Å². The number of nitrogens with one attached hydrogen (secondary N) is 1. The van der Waals surface area contributed by atoms with Gasteiger partial charge in [0, 0.05) is 19.2 Å². The summed E-state index contributed by atoms with van der Waals surface area (Å²) in [6, 6.07) is 20.3. The number of hydrogen-bond acceptors (Lipinski definition) is 4. The van der Waals surface area contributed by atoms with E-state index < -0.39 is 16.1 Å². The number of amides is 1. The van der Waals surface area contributed by atoms with Gasteiger partial charge in [0.1, 0.15) is 5.75 Å². The Bertz CT molecular complexity index is 1180. The number of ether oxygens (including phenoxy) is 1. The molecule has 0 saturated carbocycles. The first kappa shape index (κ1) is 23.5. The summed E-state index contributed by atoms with van der Waals surface area (Å²) in [5.74, 6) is 0.379. The first-order chi connectivity index (χ1) is 15.2. The molecule has 0 saturated heterocycles. The van der Waals surface area contributed by atoms with Crippen LogP contribution in [0.3, 0.4) is 0 Å². The minimum atomic E-state index is -3.81. The van der Waals surface area contributed by atoms with Gasteiger partial charge in [-0.05, 0) is 66.9 Å². The maximum absolute atomic E-state index is 13.3. The average molecular weight is 453 g/mol. The Morgan fingerprint density at radius 3 is 2.22 bits per heavy atom. The fourth-order valence-electron chi connectivity index (χ4n) is 3.42. The normalized spacial score (nSPS) is 12.4. The third-order valence-electron chi connectivity index (χ3n) is 5.53. The molecule has 3 rings (SSSR count). The van der Waals surface area contributed by atoms with Crippen LogP contribution in [-0.4, -0.2) is 32.8 Å². The fraction of sp³-hybridized carbons (Fsp3) is 0.240. The lowest BCUT2D eigenvalue weighted by molar-refractivity contribution is -0.117. The van der Waals surface area contributed by atoms with Crippen LogP contribution in [0.25, 0.3) is 0 Å². The highest BCUT2D eigenvalue weighted by molar-refractivity contribution is 7.89. The zero-order chi connectivity index (χ0) is 23.3. The van der Waals surface area contributed by atoms with Crippen molar-refractivity contribution in [2.75, 3.05) is 19.5 Å². The number of anilines is 1. The summed E-state index contributed by atoms with van der Waals surface area (Å²) in [5.41, 5.74) is 3.58. The molecule has 0 aliphatic rings. The third kappa shape index (κ3) is 5.36. The van der Waals surface area contributed by atoms with E-state index in [1.54, 1.807) is 61.7 Å². The number of methoxy groups -OCH3 is 1. The molecule has 0 aromatic heterocycles. The number of rotatable bonds is 8. The smallest absolute Gasteiger partial charge is 0.243 e. The van der Waals surface area contributed by atoms with Crippen LogP contribution in [0.4, 0.5) is 5.69 Å². The van der Waals surface area contributed by atoms with E-state index in [9.17, 15) is 13.2 Å². The van der Waals surface area contributed by atoms with E-state index in [4.69, 9.17) is 4.74 Å². The Morgan fingerprint density at radius 2 is 1.62 bits per heavy atom. The maximum Gasteiger partial charge on any atom is 0.243 e. The van der Waals surface area contributed by atoms with Gasteiger partial charge in [-0.3, -0.25) is 4.79 Å². The van der Waals surface area contributed by atoms with Crippen molar-refractivity contribution in [1.29, 1.82) is 0 Å². The summed E-state index contributed by atoms with van der Waals surface area (Å²) >= 11 is 0. The molecule has 0 spiro atoms. The highest BCUT2D eigenvalue weighted by Crippen LogP contribution is 2.30. The molecule has 6 nitrogen and oxygen atoms in total. The van der Waals surface area contributed by atoms with Crippen LogP contribution < -0.4 is 10.1 Å². The van der Waals surface area contributed by atoms with Crippen molar-refractivity contribution < 1.29 is 17.9 Å². The minimum absolute atomic E-state index is 0.0399. The van der Waals surface area contributed by atoms with Crippen LogP contribution >= 0.6 is 0 Å². The van der Waals surface area contributed by atoms with Crippen molar-refractivity contribution in [2.24, 2.45) is 0 Å². The SMILES string of the molecule is COc1ccc([C@@H](CC(=O)Nc2ccc(C)c(C)c2)N(C)S(=O)(=O)c2ccccc2)cc1. The number of sulfonamides is 1. The van der Waals surface area contributed by atoms with Crippen molar-refractivity contribution in [3.63, 3.8) is 0 Å². The molecule has 32 heavy (non-hydrogen) atoms. The summed E-state index contributed by atoms with van der Waals surface area (Å²) in [4.78, 5) is 13.1. The zero-order valence-corrected chi connectivity index (χ0v) is 19.5. The van der Waals surface area contributed by atoms with Gasteiger partial charge in [-0.2, -0.15) is 4.31 Å². The Hall–Kier alpha value is -3.16. The number of hydrogen-bond donors (Lipinski definition) is 1. The molecular formula is C25H28N2O4S. The second-order valence-corrected chi connectivity index (χ2v) is 9.67. The summed E-state index contributed by atoms with van der Waals surface area (Å²) in [6.45, 7) is 3.98. The number of aryl methyl sites for hydroxylation is 2. The Morgan fingerprint density at radius 1 is 0.969 bits per heavy atom. The second-order valence-electron chi connectivity index (χ2n) is 7.67. The summed E-state index contributed by atoms with van der Waals surface area (Å²) in [6.07, 6.45) is -0.0399. The topological polar surface area (TPSA) is 75.7 Å². The van der Waals surface area contributed by atoms with Crippen LogP contribution in [0.2, 0.25) is 0 Å². The average Bonchev–Trinajstić information content (AvgIpc) is 2.80. The summed E-state index contributed by atoms with van der Waals surface area (Å²) < 4.78 is 33.0. The van der Waals surface area contributed by atoms with Gasteiger partial charge in [-0.1, -0.05) is 36.4 Å². The first-order valence-electron chi connectivity index (χ1n) is 10.3. The van der Waals surface area contributed by atoms with E-state index >= 15 is 0 Å². The molecule has 1 N–H and O–H groups in total. The highest BCUT2D eigenvalue weighted by Gasteiger charge is 2.31. The predicted molar refractivity (Wildman–Crippen MR) is 126 cm³/mol. The molecule has 3 aromatic rings. The van der Waals surface area contributed by atoms with Gasteiger partial charge in [-0.25, -0.2) is 8.42 Å². The van der Waals surface area contributed by atoms with Gasteiger partial charge < -0.3 is 10.1 Å². The molecule has 7 heteroatoms. The molecule has 1 atom stereocenters. The number of nitrogens with zero attached hydrogens (tertiary/aromatic N) is 1. The van der Waals surface area contributed by atoms with E-state index in [1.165, 1.54) is 11.4 Å². The maximum atomic E-state index is 13.3. The van der Waals surface area contributed by atoms with E-state index in [1.807, 2.05) is 32.0 Å². The molecule has 0 heterocycles. The summed E-state index contributed by atoms with van der Waals surface area (Å²) in [5, 5.41) is 2.89. The molecule has 0 fully saturated rings. The standard InChI is InChI=1S/C25H28N2O4S/c1-18-10-13-21(16-19(18)2)26-25(28)17-24(20-11-14-22(31-4)15-12-20)27(3)32(29,30)23-8-6-5-7-9-23/h5-16,24H,17H2,1-4H3,(H,26,28)/t24-/m1/s1. The lowest BCUT2D eigenvalue weighted by atomic mass is 10.0. The highest BCUT2D eigenvalue weighted by atomic mass is 32.2. The van der Waals surface area contributed by atoms with E-state index in [0.29, 0.717) is 17.0 Å². The van der Waals surface area contributed by atoms with Gasteiger partial charge in [-0.15, -0.1) is 0 Å². The largest absolute Gasteiger partial charge is 0.497 e. The molecule has 1 amide bonds. The fourth-order valence-corrected chi connectivity index (χ4v) is 4.78. The Balaban J connectivity index is 1.91. The van der Waals surface area contributed by atoms with Crippen molar-refractivity contribution in [1.82, 2.24) is 4.31 Å². The van der Waals surface area contributed by atoms with Gasteiger partial charge in [0.25, 0.3) is 0 Å². The predicted octanol–water partition coefficient (Wildman–Crippen LogP) is 4.70. The van der Waals surface area contributed by atoms with Crippen LogP contribution in [0, 0.1) is 13.8 Å². The first-order valence-corrected chi connectivity index (χ1v) is 11.7. The third-order valence-corrected chi connectivity index (χ3v) is 7.41. The monoisotopic (exact) mass is 452 g/mol. The number of benzene rings is 3. The van der Waals surface area contributed by atoms with Gasteiger partial charge in [0.15, 0.2) is 0 Å². The van der Waals surface area contributed by atoms with Crippen LogP contribution in [0.5, 0.6) is 5.75 Å².